The van der Waals surface area contributed by atoms with Crippen molar-refractivity contribution in [2.75, 3.05) is 0 Å². The van der Waals surface area contributed by atoms with Gasteiger partial charge in [0, 0.05) is 11.1 Å². The molecule has 0 heterocycles. The van der Waals surface area contributed by atoms with E-state index in [1.54, 1.807) is 6.07 Å². The first-order valence-corrected chi connectivity index (χ1v) is 7.12. The Bertz CT molecular complexity index is 569. The molecule has 2 aromatic rings. The molecule has 0 fully saturated rings. The molecule has 1 atom stereocenters. The Morgan fingerprint density at radius 3 is 2.16 bits per heavy atom. The van der Waals surface area contributed by atoms with Crippen LogP contribution < -0.4 is 5.73 Å². The van der Waals surface area contributed by atoms with Crippen LogP contribution in [0.1, 0.15) is 11.1 Å². The van der Waals surface area contributed by atoms with Crippen LogP contribution in [0.5, 0.6) is 0 Å². The van der Waals surface area contributed by atoms with Crippen molar-refractivity contribution in [3.63, 3.8) is 0 Å². The molecule has 0 aromatic heterocycles. The predicted octanol–water partition coefficient (Wildman–Crippen LogP) is 4.76. The van der Waals surface area contributed by atoms with E-state index < -0.39 is 0 Å². The number of nitrogens with two attached hydrogens (primary N) is 1. The van der Waals surface area contributed by atoms with Crippen LogP contribution in [0, 0.1) is 0 Å². The lowest BCUT2D eigenvalue weighted by molar-refractivity contribution is 0.665. The van der Waals surface area contributed by atoms with Crippen LogP contribution in [0.15, 0.2) is 42.5 Å². The van der Waals surface area contributed by atoms with Gasteiger partial charge in [-0.25, -0.2) is 0 Å². The van der Waals surface area contributed by atoms with E-state index >= 15 is 0 Å². The van der Waals surface area contributed by atoms with Gasteiger partial charge in [-0.15, -0.1) is 0 Å². The van der Waals surface area contributed by atoms with Gasteiger partial charge in [0.2, 0.25) is 0 Å². The molecular formula is C15H14Cl3N. The molecule has 19 heavy (non-hydrogen) atoms. The highest BCUT2D eigenvalue weighted by molar-refractivity contribution is 6.42. The summed E-state index contributed by atoms with van der Waals surface area (Å²) in [5.41, 5.74) is 8.38. The predicted molar refractivity (Wildman–Crippen MR) is 83.3 cm³/mol. The van der Waals surface area contributed by atoms with Crippen molar-refractivity contribution in [3.05, 3.63) is 68.7 Å². The molecule has 0 saturated heterocycles. The molecule has 2 rings (SSSR count). The summed E-state index contributed by atoms with van der Waals surface area (Å²) < 4.78 is 0. The maximum atomic E-state index is 6.16. The molecular weight excluding hydrogens is 301 g/mol. The minimum absolute atomic E-state index is 0.0238. The van der Waals surface area contributed by atoms with Crippen LogP contribution >= 0.6 is 34.8 Å². The summed E-state index contributed by atoms with van der Waals surface area (Å²) in [7, 11) is 0. The van der Waals surface area contributed by atoms with Crippen LogP contribution in [0.25, 0.3) is 0 Å². The van der Waals surface area contributed by atoms with Gasteiger partial charge in [-0.3, -0.25) is 0 Å². The van der Waals surface area contributed by atoms with Gasteiger partial charge in [0.25, 0.3) is 0 Å². The van der Waals surface area contributed by atoms with Gasteiger partial charge in [-0.1, -0.05) is 53.0 Å². The third kappa shape index (κ3) is 4.39. The third-order valence-corrected chi connectivity index (χ3v) is 3.84. The van der Waals surface area contributed by atoms with Crippen LogP contribution in [-0.4, -0.2) is 6.04 Å². The van der Waals surface area contributed by atoms with E-state index in [0.717, 1.165) is 29.0 Å². The van der Waals surface area contributed by atoms with Crippen LogP contribution in [-0.2, 0) is 12.8 Å². The summed E-state index contributed by atoms with van der Waals surface area (Å²) in [6.07, 6.45) is 1.53. The summed E-state index contributed by atoms with van der Waals surface area (Å²) in [6, 6.07) is 13.4. The molecule has 0 radical (unpaired) electrons. The molecule has 1 nitrogen and oxygen atoms in total. The summed E-state index contributed by atoms with van der Waals surface area (Å²) in [5, 5.41) is 1.86. The fourth-order valence-electron chi connectivity index (χ4n) is 2.01. The van der Waals surface area contributed by atoms with Crippen molar-refractivity contribution < 1.29 is 0 Å². The maximum Gasteiger partial charge on any atom is 0.0595 e. The van der Waals surface area contributed by atoms with E-state index in [0.29, 0.717) is 10.0 Å². The summed E-state index contributed by atoms with van der Waals surface area (Å²) >= 11 is 17.8. The zero-order chi connectivity index (χ0) is 13.8. The number of hydrogen-bond donors (Lipinski definition) is 1. The van der Waals surface area contributed by atoms with Crippen LogP contribution in [0.3, 0.4) is 0 Å². The monoisotopic (exact) mass is 313 g/mol. The largest absolute Gasteiger partial charge is 0.327 e. The minimum atomic E-state index is 0.0238. The average molecular weight is 315 g/mol. The van der Waals surface area contributed by atoms with Gasteiger partial charge in [0.1, 0.15) is 0 Å². The zero-order valence-electron chi connectivity index (χ0n) is 10.2. The lowest BCUT2D eigenvalue weighted by atomic mass is 10.00. The first-order valence-electron chi connectivity index (χ1n) is 5.98. The average Bonchev–Trinajstić information content (AvgIpc) is 2.34. The van der Waals surface area contributed by atoms with E-state index in [1.807, 2.05) is 36.4 Å². The van der Waals surface area contributed by atoms with Gasteiger partial charge >= 0.3 is 0 Å². The number of halogens is 3. The Morgan fingerprint density at radius 1 is 0.842 bits per heavy atom. The maximum absolute atomic E-state index is 6.16. The molecule has 0 aliphatic heterocycles. The van der Waals surface area contributed by atoms with Gasteiger partial charge < -0.3 is 5.73 Å². The van der Waals surface area contributed by atoms with Crippen molar-refractivity contribution >= 4 is 34.8 Å². The van der Waals surface area contributed by atoms with E-state index in [4.69, 9.17) is 40.5 Å². The van der Waals surface area contributed by atoms with Gasteiger partial charge in [0.05, 0.1) is 10.0 Å². The van der Waals surface area contributed by atoms with E-state index in [-0.39, 0.29) is 6.04 Å². The van der Waals surface area contributed by atoms with Crippen molar-refractivity contribution in [1.82, 2.24) is 0 Å². The summed E-state index contributed by atoms with van der Waals surface area (Å²) in [6.45, 7) is 0. The van der Waals surface area contributed by atoms with Crippen LogP contribution in [0.2, 0.25) is 15.1 Å². The number of rotatable bonds is 4. The molecule has 2 N–H and O–H groups in total. The molecule has 0 aliphatic carbocycles. The summed E-state index contributed by atoms with van der Waals surface area (Å²) in [5.74, 6) is 0. The fourth-order valence-corrected chi connectivity index (χ4v) is 2.54. The van der Waals surface area contributed by atoms with Crippen molar-refractivity contribution in [3.8, 4) is 0 Å². The molecule has 0 spiro atoms. The molecule has 0 saturated carbocycles. The first-order chi connectivity index (χ1) is 9.04. The third-order valence-electron chi connectivity index (χ3n) is 2.87. The number of benzene rings is 2. The first kappa shape index (κ1) is 14.7. The second-order valence-electron chi connectivity index (χ2n) is 4.55. The topological polar surface area (TPSA) is 26.0 Å². The lowest BCUT2D eigenvalue weighted by Crippen LogP contribution is -2.25. The molecule has 0 amide bonds. The fraction of sp³-hybridized carbons (Fsp3) is 0.200. The van der Waals surface area contributed by atoms with Crippen LogP contribution in [0.4, 0.5) is 0 Å². The second kappa shape index (κ2) is 6.62. The Labute approximate surface area is 128 Å². The normalized spacial score (nSPS) is 12.4. The second-order valence-corrected chi connectivity index (χ2v) is 5.80. The summed E-state index contributed by atoms with van der Waals surface area (Å²) in [4.78, 5) is 0. The minimum Gasteiger partial charge on any atom is -0.327 e. The van der Waals surface area contributed by atoms with Gasteiger partial charge in [0.15, 0.2) is 0 Å². The molecule has 0 bridgehead atoms. The molecule has 0 aliphatic rings. The molecule has 1 unspecified atom stereocenters. The quantitative estimate of drug-likeness (QED) is 0.865. The van der Waals surface area contributed by atoms with Crippen molar-refractivity contribution in [1.29, 1.82) is 0 Å². The lowest BCUT2D eigenvalue weighted by Gasteiger charge is -2.12. The highest BCUT2D eigenvalue weighted by Crippen LogP contribution is 2.23. The Balaban J connectivity index is 2.01. The highest BCUT2D eigenvalue weighted by atomic mass is 35.5. The van der Waals surface area contributed by atoms with E-state index in [2.05, 4.69) is 0 Å². The molecule has 2 aromatic carbocycles. The van der Waals surface area contributed by atoms with Crippen molar-refractivity contribution in [2.45, 2.75) is 18.9 Å². The zero-order valence-corrected chi connectivity index (χ0v) is 12.5. The number of hydrogen-bond acceptors (Lipinski definition) is 1. The smallest absolute Gasteiger partial charge is 0.0595 e. The molecule has 4 heteroatoms. The Hall–Kier alpha value is -0.730. The standard InChI is InChI=1S/C15H14Cl3N/c16-12-3-1-2-10(6-12)7-13(19)8-11-4-5-14(17)15(18)9-11/h1-6,9,13H,7-8,19H2. The SMILES string of the molecule is NC(Cc1cccc(Cl)c1)Cc1ccc(Cl)c(Cl)c1. The Morgan fingerprint density at radius 2 is 1.53 bits per heavy atom. The van der Waals surface area contributed by atoms with E-state index in [1.165, 1.54) is 0 Å². The Kier molecular flexibility index (Phi) is 5.12. The van der Waals surface area contributed by atoms with Gasteiger partial charge in [-0.2, -0.15) is 0 Å². The molecule has 100 valence electrons. The van der Waals surface area contributed by atoms with Gasteiger partial charge in [-0.05, 0) is 48.2 Å². The highest BCUT2D eigenvalue weighted by Gasteiger charge is 2.07. The van der Waals surface area contributed by atoms with E-state index in [9.17, 15) is 0 Å². The van der Waals surface area contributed by atoms with Crippen molar-refractivity contribution in [2.24, 2.45) is 5.73 Å².